The van der Waals surface area contributed by atoms with Crippen LogP contribution in [0.4, 0.5) is 10.6 Å². The number of hydrogen-bond donors (Lipinski definition) is 3. The summed E-state index contributed by atoms with van der Waals surface area (Å²) in [5.41, 5.74) is 1.52. The number of nitrogens with one attached hydrogen (secondary N) is 2. The summed E-state index contributed by atoms with van der Waals surface area (Å²) < 4.78 is 6.73. The summed E-state index contributed by atoms with van der Waals surface area (Å²) in [5.74, 6) is 1.25. The molecule has 0 radical (unpaired) electrons. The van der Waals surface area contributed by atoms with Gasteiger partial charge < -0.3 is 15.2 Å². The molecular weight excluding hydrogens is 346 g/mol. The highest BCUT2D eigenvalue weighted by Crippen LogP contribution is 2.17. The lowest BCUT2D eigenvalue weighted by Crippen LogP contribution is -2.33. The number of ether oxygens (including phenoxy) is 1. The highest BCUT2D eigenvalue weighted by atomic mass is 16.5. The molecule has 0 aliphatic rings. The van der Waals surface area contributed by atoms with E-state index in [-0.39, 0.29) is 6.54 Å². The first-order valence-corrected chi connectivity index (χ1v) is 8.44. The number of pyridine rings is 1. The molecule has 8 heteroatoms. The van der Waals surface area contributed by atoms with Crippen LogP contribution < -0.4 is 15.4 Å². The zero-order valence-electron chi connectivity index (χ0n) is 14.9. The van der Waals surface area contributed by atoms with Gasteiger partial charge in [-0.15, -0.1) is 0 Å². The molecule has 3 N–H and O–H groups in total. The van der Waals surface area contributed by atoms with Gasteiger partial charge in [0.15, 0.2) is 0 Å². The minimum Gasteiger partial charge on any atom is -0.497 e. The summed E-state index contributed by atoms with van der Waals surface area (Å²) in [6, 6.07) is 13.9. The number of aliphatic hydroxyl groups excluding tert-OH is 1. The van der Waals surface area contributed by atoms with E-state index in [0.29, 0.717) is 23.7 Å². The lowest BCUT2D eigenvalue weighted by molar-refractivity contribution is 0.175. The molecule has 2 heterocycles. The molecule has 3 aromatic rings. The van der Waals surface area contributed by atoms with Crippen molar-refractivity contribution in [1.29, 1.82) is 0 Å². The molecule has 0 aliphatic carbocycles. The number of carbonyl (C=O) groups excluding carboxylic acids is 1. The first-order valence-electron chi connectivity index (χ1n) is 8.44. The van der Waals surface area contributed by atoms with Gasteiger partial charge in [-0.3, -0.25) is 10.3 Å². The summed E-state index contributed by atoms with van der Waals surface area (Å²) >= 11 is 0. The quantitative estimate of drug-likeness (QED) is 0.594. The molecule has 1 atom stereocenters. The summed E-state index contributed by atoms with van der Waals surface area (Å²) in [4.78, 5) is 16.4. The van der Waals surface area contributed by atoms with Crippen molar-refractivity contribution in [2.75, 3.05) is 19.0 Å². The Morgan fingerprint density at radius 2 is 2.00 bits per heavy atom. The average molecular weight is 367 g/mol. The van der Waals surface area contributed by atoms with Gasteiger partial charge in [0.2, 0.25) is 0 Å². The number of aliphatic hydroxyl groups is 1. The summed E-state index contributed by atoms with van der Waals surface area (Å²) in [5, 5.41) is 19.8. The van der Waals surface area contributed by atoms with Gasteiger partial charge in [0.05, 0.1) is 31.6 Å². The summed E-state index contributed by atoms with van der Waals surface area (Å²) in [6.45, 7) is 0.518. The molecule has 27 heavy (non-hydrogen) atoms. The van der Waals surface area contributed by atoms with Crippen molar-refractivity contribution in [1.82, 2.24) is 20.1 Å². The highest BCUT2D eigenvalue weighted by Gasteiger charge is 2.12. The van der Waals surface area contributed by atoms with Crippen molar-refractivity contribution in [2.24, 2.45) is 0 Å². The number of nitrogens with zero attached hydrogens (tertiary/aromatic N) is 3. The van der Waals surface area contributed by atoms with Gasteiger partial charge >= 0.3 is 6.03 Å². The van der Waals surface area contributed by atoms with Crippen LogP contribution in [0.5, 0.6) is 5.75 Å². The molecule has 0 bridgehead atoms. The molecule has 1 aromatic carbocycles. The Morgan fingerprint density at radius 1 is 1.19 bits per heavy atom. The second-order valence-electron chi connectivity index (χ2n) is 5.82. The standard InChI is InChI=1S/C19H21N5O3/c1-27-16-7-5-14(6-8-16)17(25)12-21-19(26)23-18-9-11-22-24(18)13-15-4-2-3-10-20-15/h2-11,17,25H,12-13H2,1H3,(H2,21,23,26). The maximum absolute atomic E-state index is 12.1. The minimum atomic E-state index is -0.819. The minimum absolute atomic E-state index is 0.0759. The van der Waals surface area contributed by atoms with Gasteiger partial charge in [-0.05, 0) is 29.8 Å². The van der Waals surface area contributed by atoms with Crippen LogP contribution in [0, 0.1) is 0 Å². The fourth-order valence-corrected chi connectivity index (χ4v) is 2.50. The van der Waals surface area contributed by atoms with Crippen LogP contribution in [0.2, 0.25) is 0 Å². The molecule has 0 saturated carbocycles. The molecule has 1 unspecified atom stereocenters. The second kappa shape index (κ2) is 8.81. The second-order valence-corrected chi connectivity index (χ2v) is 5.82. The van der Waals surface area contributed by atoms with Crippen molar-refractivity contribution in [3.8, 4) is 5.75 Å². The van der Waals surface area contributed by atoms with E-state index < -0.39 is 12.1 Å². The predicted molar refractivity (Wildman–Crippen MR) is 101 cm³/mol. The molecule has 0 fully saturated rings. The van der Waals surface area contributed by atoms with Crippen LogP contribution in [0.3, 0.4) is 0 Å². The normalized spacial score (nSPS) is 11.6. The maximum atomic E-state index is 12.1. The van der Waals surface area contributed by atoms with Crippen molar-refractivity contribution in [3.63, 3.8) is 0 Å². The molecule has 3 rings (SSSR count). The van der Waals surface area contributed by atoms with Crippen LogP contribution in [-0.4, -0.2) is 39.6 Å². The van der Waals surface area contributed by atoms with Gasteiger partial charge in [0, 0.05) is 18.8 Å². The summed E-state index contributed by atoms with van der Waals surface area (Å²) in [6.07, 6.45) is 2.49. The summed E-state index contributed by atoms with van der Waals surface area (Å²) in [7, 11) is 1.58. The average Bonchev–Trinajstić information content (AvgIpc) is 3.13. The molecule has 140 valence electrons. The molecule has 0 saturated heterocycles. The van der Waals surface area contributed by atoms with Crippen LogP contribution in [0.25, 0.3) is 0 Å². The van der Waals surface area contributed by atoms with Crippen LogP contribution in [0.15, 0.2) is 60.9 Å². The van der Waals surface area contributed by atoms with E-state index in [2.05, 4.69) is 20.7 Å². The topological polar surface area (TPSA) is 101 Å². The SMILES string of the molecule is COc1ccc(C(O)CNC(=O)Nc2ccnn2Cc2ccccn2)cc1. The third kappa shape index (κ3) is 5.05. The fourth-order valence-electron chi connectivity index (χ4n) is 2.50. The lowest BCUT2D eigenvalue weighted by Gasteiger charge is -2.14. The molecule has 0 spiro atoms. The number of rotatable bonds is 7. The van der Waals surface area contributed by atoms with E-state index in [1.165, 1.54) is 0 Å². The van der Waals surface area contributed by atoms with E-state index in [1.54, 1.807) is 54.5 Å². The Morgan fingerprint density at radius 3 is 2.70 bits per heavy atom. The molecular formula is C19H21N5O3. The first kappa shape index (κ1) is 18.4. The van der Waals surface area contributed by atoms with E-state index in [1.807, 2.05) is 18.2 Å². The van der Waals surface area contributed by atoms with Crippen molar-refractivity contribution in [2.45, 2.75) is 12.6 Å². The number of aromatic nitrogens is 3. The van der Waals surface area contributed by atoms with Crippen molar-refractivity contribution >= 4 is 11.8 Å². The van der Waals surface area contributed by atoms with Crippen molar-refractivity contribution < 1.29 is 14.6 Å². The lowest BCUT2D eigenvalue weighted by atomic mass is 10.1. The Kier molecular flexibility index (Phi) is 6.01. The molecule has 2 aromatic heterocycles. The Balaban J connectivity index is 1.53. The van der Waals surface area contributed by atoms with Crippen molar-refractivity contribution in [3.05, 3.63) is 72.2 Å². The van der Waals surface area contributed by atoms with Gasteiger partial charge in [0.1, 0.15) is 11.6 Å². The monoisotopic (exact) mass is 367 g/mol. The fraction of sp³-hybridized carbons (Fsp3) is 0.211. The maximum Gasteiger partial charge on any atom is 0.320 e. The van der Waals surface area contributed by atoms with Crippen LogP contribution >= 0.6 is 0 Å². The number of urea groups is 1. The van der Waals surface area contributed by atoms with E-state index >= 15 is 0 Å². The zero-order valence-corrected chi connectivity index (χ0v) is 14.9. The van der Waals surface area contributed by atoms with E-state index in [0.717, 1.165) is 5.69 Å². The number of anilines is 1. The highest BCUT2D eigenvalue weighted by molar-refractivity contribution is 5.88. The van der Waals surface area contributed by atoms with Gasteiger partial charge in [-0.1, -0.05) is 18.2 Å². The third-order valence-corrected chi connectivity index (χ3v) is 3.95. The van der Waals surface area contributed by atoms with Crippen LogP contribution in [-0.2, 0) is 6.54 Å². The Labute approximate surface area is 156 Å². The zero-order chi connectivity index (χ0) is 19.1. The number of benzene rings is 1. The molecule has 2 amide bonds. The van der Waals surface area contributed by atoms with E-state index in [4.69, 9.17) is 4.74 Å². The van der Waals surface area contributed by atoms with Gasteiger partial charge in [-0.2, -0.15) is 5.10 Å². The molecule has 8 nitrogen and oxygen atoms in total. The number of methoxy groups -OCH3 is 1. The predicted octanol–water partition coefficient (Wildman–Crippen LogP) is 2.19. The van der Waals surface area contributed by atoms with Gasteiger partial charge in [0.25, 0.3) is 0 Å². The smallest absolute Gasteiger partial charge is 0.320 e. The number of amides is 2. The molecule has 0 aliphatic heterocycles. The van der Waals surface area contributed by atoms with Gasteiger partial charge in [-0.25, -0.2) is 9.48 Å². The Hall–Kier alpha value is -3.39. The largest absolute Gasteiger partial charge is 0.497 e. The third-order valence-electron chi connectivity index (χ3n) is 3.95. The number of hydrogen-bond acceptors (Lipinski definition) is 5. The van der Waals surface area contributed by atoms with Crippen LogP contribution in [0.1, 0.15) is 17.4 Å². The van der Waals surface area contributed by atoms with E-state index in [9.17, 15) is 9.90 Å². The number of carbonyl (C=O) groups is 1. The first-order chi connectivity index (χ1) is 13.2. The Bertz CT molecular complexity index is 865.